The van der Waals surface area contributed by atoms with E-state index in [1.165, 1.54) is 7.11 Å². The summed E-state index contributed by atoms with van der Waals surface area (Å²) in [4.78, 5) is 27.9. The van der Waals surface area contributed by atoms with Crippen LogP contribution in [0.1, 0.15) is 52.0 Å². The van der Waals surface area contributed by atoms with Crippen LogP contribution >= 0.6 is 11.6 Å². The fraction of sp³-hybridized carbons (Fsp3) is 0.600. The van der Waals surface area contributed by atoms with Crippen LogP contribution in [-0.2, 0) is 9.59 Å². The molecule has 1 aliphatic heterocycles. The zero-order valence-electron chi connectivity index (χ0n) is 16.3. The molecule has 1 N–H and O–H groups in total. The molecule has 5 nitrogen and oxygen atoms in total. The molecule has 1 atom stereocenters. The predicted molar refractivity (Wildman–Crippen MR) is 105 cm³/mol. The molecule has 0 saturated carbocycles. The topological polar surface area (TPSA) is 58.6 Å². The number of halogens is 1. The lowest BCUT2D eigenvalue weighted by Gasteiger charge is -2.39. The van der Waals surface area contributed by atoms with Crippen molar-refractivity contribution in [2.24, 2.45) is 5.41 Å². The van der Waals surface area contributed by atoms with Crippen LogP contribution in [-0.4, -0.2) is 36.4 Å². The third kappa shape index (κ3) is 4.14. The normalized spacial score (nSPS) is 17.8. The number of benzene rings is 1. The maximum atomic E-state index is 13.1. The first kappa shape index (κ1) is 20.6. The molecule has 0 aliphatic carbocycles. The van der Waals surface area contributed by atoms with E-state index in [1.54, 1.807) is 26.0 Å². The van der Waals surface area contributed by atoms with Gasteiger partial charge in [0.1, 0.15) is 11.2 Å². The van der Waals surface area contributed by atoms with Gasteiger partial charge in [-0.25, -0.2) is 0 Å². The van der Waals surface area contributed by atoms with Crippen LogP contribution in [0.25, 0.3) is 0 Å². The molecule has 1 unspecified atom stereocenters. The molecule has 1 saturated heterocycles. The summed E-state index contributed by atoms with van der Waals surface area (Å²) < 4.78 is 5.31. The highest BCUT2D eigenvalue weighted by atomic mass is 35.5. The number of nitrogens with one attached hydrogen (secondary N) is 1. The Hall–Kier alpha value is -1.75. The number of aryl methyl sites for hydroxylation is 1. The Kier molecular flexibility index (Phi) is 6.56. The average Bonchev–Trinajstić information content (AvgIpc) is 2.63. The Morgan fingerprint density at radius 3 is 2.65 bits per heavy atom. The van der Waals surface area contributed by atoms with E-state index in [0.29, 0.717) is 16.5 Å². The lowest BCUT2D eigenvalue weighted by molar-refractivity contribution is -0.149. The minimum Gasteiger partial charge on any atom is -0.495 e. The summed E-state index contributed by atoms with van der Waals surface area (Å²) >= 11 is 6.12. The third-order valence-electron chi connectivity index (χ3n) is 5.19. The second-order valence-corrected chi connectivity index (χ2v) is 7.84. The standard InChI is InChI=1S/C20H29ClN2O3/c1-6-14-9-7-8-10-23(14)19(25)20(3,4)18(24)22-16-11-13(2)15(21)12-17(16)26-5/h11-12,14H,6-10H2,1-5H3,(H,22,24). The van der Waals surface area contributed by atoms with Crippen LogP contribution in [0.2, 0.25) is 5.02 Å². The van der Waals surface area contributed by atoms with E-state index in [9.17, 15) is 9.59 Å². The predicted octanol–water partition coefficient (Wildman–Crippen LogP) is 4.41. The Morgan fingerprint density at radius 1 is 1.35 bits per heavy atom. The summed E-state index contributed by atoms with van der Waals surface area (Å²) in [5.41, 5.74) is 0.184. The van der Waals surface area contributed by atoms with E-state index in [-0.39, 0.29) is 17.9 Å². The zero-order valence-corrected chi connectivity index (χ0v) is 17.1. The minimum absolute atomic E-state index is 0.119. The number of hydrogen-bond acceptors (Lipinski definition) is 3. The maximum absolute atomic E-state index is 13.1. The number of carbonyl (C=O) groups is 2. The molecular weight excluding hydrogens is 352 g/mol. The van der Waals surface area contributed by atoms with Crippen LogP contribution < -0.4 is 10.1 Å². The zero-order chi connectivity index (χ0) is 19.5. The molecule has 0 aromatic heterocycles. The molecule has 1 fully saturated rings. The average molecular weight is 381 g/mol. The number of hydrogen-bond donors (Lipinski definition) is 1. The van der Waals surface area contributed by atoms with E-state index in [2.05, 4.69) is 12.2 Å². The Bertz CT molecular complexity index is 688. The first-order valence-corrected chi connectivity index (χ1v) is 9.56. The first-order chi connectivity index (χ1) is 12.2. The molecule has 0 spiro atoms. The van der Waals surface area contributed by atoms with Crippen LogP contribution in [0, 0.1) is 12.3 Å². The van der Waals surface area contributed by atoms with Gasteiger partial charge < -0.3 is 15.0 Å². The molecule has 2 amide bonds. The van der Waals surface area contributed by atoms with Gasteiger partial charge in [0.15, 0.2) is 0 Å². The molecule has 144 valence electrons. The number of nitrogens with zero attached hydrogens (tertiary/aromatic N) is 1. The molecule has 0 bridgehead atoms. The van der Waals surface area contributed by atoms with Crippen molar-refractivity contribution in [3.63, 3.8) is 0 Å². The summed E-state index contributed by atoms with van der Waals surface area (Å²) in [5, 5.41) is 3.42. The van der Waals surface area contributed by atoms with Crippen LogP contribution in [0.15, 0.2) is 12.1 Å². The monoisotopic (exact) mass is 380 g/mol. The second-order valence-electron chi connectivity index (χ2n) is 7.44. The quantitative estimate of drug-likeness (QED) is 0.769. The smallest absolute Gasteiger partial charge is 0.239 e. The van der Waals surface area contributed by atoms with Gasteiger partial charge >= 0.3 is 0 Å². The number of likely N-dealkylation sites (tertiary alicyclic amines) is 1. The summed E-state index contributed by atoms with van der Waals surface area (Å²) in [6.07, 6.45) is 4.04. The molecule has 0 radical (unpaired) electrons. The van der Waals surface area contributed by atoms with Gasteiger partial charge in [-0.15, -0.1) is 0 Å². The molecule has 1 aliphatic rings. The number of anilines is 1. The van der Waals surface area contributed by atoms with Gasteiger partial charge in [-0.05, 0) is 58.1 Å². The van der Waals surface area contributed by atoms with E-state index in [1.807, 2.05) is 11.8 Å². The maximum Gasteiger partial charge on any atom is 0.239 e. The number of amides is 2. The van der Waals surface area contributed by atoms with Crippen molar-refractivity contribution < 1.29 is 14.3 Å². The van der Waals surface area contributed by atoms with Gasteiger partial charge in [0.05, 0.1) is 12.8 Å². The summed E-state index contributed by atoms with van der Waals surface area (Å²) in [7, 11) is 1.52. The van der Waals surface area contributed by atoms with E-state index in [4.69, 9.17) is 16.3 Å². The molecular formula is C20H29ClN2O3. The first-order valence-electron chi connectivity index (χ1n) is 9.19. The summed E-state index contributed by atoms with van der Waals surface area (Å²) in [6.45, 7) is 8.03. The molecule has 2 rings (SSSR count). The number of carbonyl (C=O) groups excluding carboxylic acids is 2. The fourth-order valence-electron chi connectivity index (χ4n) is 3.36. The summed E-state index contributed by atoms with van der Waals surface area (Å²) in [6, 6.07) is 3.64. The lowest BCUT2D eigenvalue weighted by Crippen LogP contribution is -2.52. The van der Waals surface area contributed by atoms with Crippen molar-refractivity contribution in [3.8, 4) is 5.75 Å². The largest absolute Gasteiger partial charge is 0.495 e. The van der Waals surface area contributed by atoms with Crippen molar-refractivity contribution >= 4 is 29.1 Å². The minimum atomic E-state index is -1.16. The van der Waals surface area contributed by atoms with Crippen molar-refractivity contribution in [1.29, 1.82) is 0 Å². The van der Waals surface area contributed by atoms with Gasteiger partial charge in [-0.3, -0.25) is 9.59 Å². The SMILES string of the molecule is CCC1CCCCN1C(=O)C(C)(C)C(=O)Nc1cc(C)c(Cl)cc1OC. The highest BCUT2D eigenvalue weighted by molar-refractivity contribution is 6.31. The van der Waals surface area contributed by atoms with Gasteiger partial charge in [0, 0.05) is 23.7 Å². The Balaban J connectivity index is 2.22. The fourth-order valence-corrected chi connectivity index (χ4v) is 3.51. The van der Waals surface area contributed by atoms with Crippen LogP contribution in [0.5, 0.6) is 5.75 Å². The third-order valence-corrected chi connectivity index (χ3v) is 5.60. The van der Waals surface area contributed by atoms with Gasteiger partial charge in [0.25, 0.3) is 0 Å². The number of methoxy groups -OCH3 is 1. The van der Waals surface area contributed by atoms with E-state index < -0.39 is 5.41 Å². The van der Waals surface area contributed by atoms with Gasteiger partial charge in [0.2, 0.25) is 11.8 Å². The van der Waals surface area contributed by atoms with Gasteiger partial charge in [-0.1, -0.05) is 18.5 Å². The molecule has 1 aromatic carbocycles. The van der Waals surface area contributed by atoms with Crippen LogP contribution in [0.4, 0.5) is 5.69 Å². The molecule has 26 heavy (non-hydrogen) atoms. The Labute approximate surface area is 161 Å². The second kappa shape index (κ2) is 8.30. The molecule has 6 heteroatoms. The van der Waals surface area contributed by atoms with Crippen LogP contribution in [0.3, 0.4) is 0 Å². The van der Waals surface area contributed by atoms with Crippen molar-refractivity contribution in [2.75, 3.05) is 19.0 Å². The highest BCUT2D eigenvalue weighted by Crippen LogP contribution is 2.33. The van der Waals surface area contributed by atoms with E-state index in [0.717, 1.165) is 37.8 Å². The molecule has 1 heterocycles. The highest BCUT2D eigenvalue weighted by Gasteiger charge is 2.41. The lowest BCUT2D eigenvalue weighted by atomic mass is 9.87. The molecule has 1 aromatic rings. The van der Waals surface area contributed by atoms with Gasteiger partial charge in [-0.2, -0.15) is 0 Å². The number of rotatable bonds is 5. The Morgan fingerprint density at radius 2 is 2.04 bits per heavy atom. The van der Waals surface area contributed by atoms with E-state index >= 15 is 0 Å². The summed E-state index contributed by atoms with van der Waals surface area (Å²) in [5.74, 6) is 0.00996. The number of ether oxygens (including phenoxy) is 1. The van der Waals surface area contributed by atoms with Crippen molar-refractivity contribution in [1.82, 2.24) is 4.90 Å². The number of piperidine rings is 1. The van der Waals surface area contributed by atoms with Crippen molar-refractivity contribution in [2.45, 2.75) is 59.4 Å². The van der Waals surface area contributed by atoms with Crippen molar-refractivity contribution in [3.05, 3.63) is 22.7 Å².